The van der Waals surface area contributed by atoms with Crippen molar-refractivity contribution in [1.82, 2.24) is 24.5 Å². The van der Waals surface area contributed by atoms with E-state index in [2.05, 4.69) is 48.0 Å². The molecule has 0 bridgehead atoms. The van der Waals surface area contributed by atoms with Gasteiger partial charge in [-0.05, 0) is 45.5 Å². The molecule has 1 N–H and O–H groups in total. The summed E-state index contributed by atoms with van der Waals surface area (Å²) in [4.78, 5) is 14.1. The number of hydrogen-bond acceptors (Lipinski definition) is 7. The van der Waals surface area contributed by atoms with Gasteiger partial charge < -0.3 is 15.0 Å². The van der Waals surface area contributed by atoms with Crippen LogP contribution in [0, 0.1) is 0 Å². The van der Waals surface area contributed by atoms with Gasteiger partial charge in [-0.1, -0.05) is 13.8 Å². The minimum Gasteiger partial charge on any atom is -0.370 e. The van der Waals surface area contributed by atoms with Crippen molar-refractivity contribution in [2.24, 2.45) is 0 Å². The molecule has 0 spiro atoms. The van der Waals surface area contributed by atoms with Crippen LogP contribution in [0.15, 0.2) is 6.33 Å². The first-order valence-electron chi connectivity index (χ1n) is 9.76. The summed E-state index contributed by atoms with van der Waals surface area (Å²) >= 11 is 1.72. The van der Waals surface area contributed by atoms with Crippen molar-refractivity contribution >= 4 is 33.1 Å². The Kier molecular flexibility index (Phi) is 5.05. The molecule has 0 aliphatic carbocycles. The van der Waals surface area contributed by atoms with Gasteiger partial charge in [0, 0.05) is 17.8 Å². The van der Waals surface area contributed by atoms with Gasteiger partial charge in [-0.25, -0.2) is 9.97 Å². The van der Waals surface area contributed by atoms with Crippen LogP contribution >= 0.6 is 11.3 Å². The van der Waals surface area contributed by atoms with Gasteiger partial charge in [-0.3, -0.25) is 0 Å². The maximum absolute atomic E-state index is 5.99. The average molecular weight is 389 g/mol. The van der Waals surface area contributed by atoms with Crippen LogP contribution in [-0.2, 0) is 17.8 Å². The summed E-state index contributed by atoms with van der Waals surface area (Å²) in [6.45, 7) is 13.5. The number of anilines is 1. The van der Waals surface area contributed by atoms with Gasteiger partial charge in [-0.15, -0.1) is 11.3 Å². The fraction of sp³-hybridized carbons (Fsp3) is 0.632. The van der Waals surface area contributed by atoms with Gasteiger partial charge in [0.05, 0.1) is 17.6 Å². The van der Waals surface area contributed by atoms with E-state index < -0.39 is 0 Å². The average Bonchev–Trinajstić information content (AvgIpc) is 3.25. The first kappa shape index (κ1) is 18.6. The number of ether oxygens (including phenoxy) is 1. The number of thiophene rings is 1. The molecule has 0 aromatic carbocycles. The second-order valence-electron chi connectivity index (χ2n) is 7.65. The zero-order chi connectivity index (χ0) is 19.0. The molecule has 8 heteroatoms. The van der Waals surface area contributed by atoms with E-state index in [0.29, 0.717) is 6.61 Å². The lowest BCUT2D eigenvalue weighted by atomic mass is 9.94. The molecule has 0 saturated heterocycles. The van der Waals surface area contributed by atoms with Crippen molar-refractivity contribution in [3.8, 4) is 0 Å². The standard InChI is InChI=1S/C19H28N6OS/c1-5-24(6-2)9-7-8-20-18-23-17-15(16-21-12-22-25(16)18)13-10-19(3,4)26-11-14(13)27-17/h12H,5-11H2,1-4H3,(H,20,23). The van der Waals surface area contributed by atoms with Crippen LogP contribution in [0.1, 0.15) is 44.6 Å². The first-order valence-corrected chi connectivity index (χ1v) is 10.6. The molecule has 1 aliphatic rings. The van der Waals surface area contributed by atoms with E-state index in [1.807, 2.05) is 4.52 Å². The third kappa shape index (κ3) is 3.53. The fourth-order valence-electron chi connectivity index (χ4n) is 3.72. The summed E-state index contributed by atoms with van der Waals surface area (Å²) in [6, 6.07) is 0. The van der Waals surface area contributed by atoms with E-state index >= 15 is 0 Å². The fourth-order valence-corrected chi connectivity index (χ4v) is 4.81. The molecule has 4 rings (SSSR count). The van der Waals surface area contributed by atoms with Gasteiger partial charge in [-0.2, -0.15) is 9.61 Å². The summed E-state index contributed by atoms with van der Waals surface area (Å²) in [6.07, 6.45) is 3.57. The van der Waals surface area contributed by atoms with Crippen LogP contribution < -0.4 is 5.32 Å². The molecule has 0 amide bonds. The summed E-state index contributed by atoms with van der Waals surface area (Å²) in [5, 5.41) is 9.02. The van der Waals surface area contributed by atoms with Gasteiger partial charge in [0.1, 0.15) is 11.2 Å². The van der Waals surface area contributed by atoms with Crippen LogP contribution in [0.4, 0.5) is 5.95 Å². The molecule has 0 radical (unpaired) electrons. The van der Waals surface area contributed by atoms with Crippen molar-refractivity contribution in [2.75, 3.05) is 31.5 Å². The van der Waals surface area contributed by atoms with Crippen LogP contribution in [0.2, 0.25) is 0 Å². The number of nitrogens with one attached hydrogen (secondary N) is 1. The zero-order valence-corrected chi connectivity index (χ0v) is 17.4. The molecule has 3 aromatic heterocycles. The molecule has 0 atom stereocenters. The van der Waals surface area contributed by atoms with Crippen molar-refractivity contribution < 1.29 is 4.74 Å². The molecular formula is C19H28N6OS. The third-order valence-electron chi connectivity index (χ3n) is 5.28. The number of nitrogens with zero attached hydrogens (tertiary/aromatic N) is 5. The van der Waals surface area contributed by atoms with Crippen molar-refractivity contribution in [1.29, 1.82) is 0 Å². The highest BCUT2D eigenvalue weighted by atomic mass is 32.1. The Hall–Kier alpha value is -1.77. The molecule has 0 saturated carbocycles. The number of fused-ring (bicyclic) bond motifs is 5. The second-order valence-corrected chi connectivity index (χ2v) is 8.73. The number of aromatic nitrogens is 4. The van der Waals surface area contributed by atoms with E-state index in [0.717, 1.165) is 60.8 Å². The quantitative estimate of drug-likeness (QED) is 0.626. The van der Waals surface area contributed by atoms with Gasteiger partial charge in [0.2, 0.25) is 5.95 Å². The normalized spacial score (nSPS) is 16.3. The molecule has 7 nitrogen and oxygen atoms in total. The summed E-state index contributed by atoms with van der Waals surface area (Å²) in [5.41, 5.74) is 2.06. The lowest BCUT2D eigenvalue weighted by Gasteiger charge is -2.30. The number of hydrogen-bond donors (Lipinski definition) is 1. The maximum Gasteiger partial charge on any atom is 0.227 e. The summed E-state index contributed by atoms with van der Waals surface area (Å²) < 4.78 is 7.83. The predicted molar refractivity (Wildman–Crippen MR) is 110 cm³/mol. The Morgan fingerprint density at radius 2 is 2.15 bits per heavy atom. The smallest absolute Gasteiger partial charge is 0.227 e. The lowest BCUT2D eigenvalue weighted by molar-refractivity contribution is -0.0379. The van der Waals surface area contributed by atoms with E-state index in [9.17, 15) is 0 Å². The van der Waals surface area contributed by atoms with Crippen molar-refractivity contribution in [3.63, 3.8) is 0 Å². The maximum atomic E-state index is 5.99. The van der Waals surface area contributed by atoms with Gasteiger partial charge in [0.15, 0.2) is 5.65 Å². The third-order valence-corrected chi connectivity index (χ3v) is 6.38. The highest BCUT2D eigenvalue weighted by Crippen LogP contribution is 2.40. The van der Waals surface area contributed by atoms with Gasteiger partial charge in [0.25, 0.3) is 0 Å². The molecule has 4 heterocycles. The van der Waals surface area contributed by atoms with Crippen LogP contribution in [0.3, 0.4) is 0 Å². The zero-order valence-electron chi connectivity index (χ0n) is 16.6. The minimum absolute atomic E-state index is 0.153. The summed E-state index contributed by atoms with van der Waals surface area (Å²) in [5.74, 6) is 0.772. The highest BCUT2D eigenvalue weighted by molar-refractivity contribution is 7.19. The van der Waals surface area contributed by atoms with E-state index in [1.165, 1.54) is 10.4 Å². The topological polar surface area (TPSA) is 67.6 Å². The Balaban J connectivity index is 1.62. The molecule has 3 aromatic rings. The molecule has 27 heavy (non-hydrogen) atoms. The highest BCUT2D eigenvalue weighted by Gasteiger charge is 2.31. The van der Waals surface area contributed by atoms with Gasteiger partial charge >= 0.3 is 0 Å². The predicted octanol–water partition coefficient (Wildman–Crippen LogP) is 3.33. The first-order chi connectivity index (χ1) is 13.0. The van der Waals surface area contributed by atoms with Crippen LogP contribution in [-0.4, -0.2) is 56.3 Å². The molecule has 146 valence electrons. The van der Waals surface area contributed by atoms with E-state index in [4.69, 9.17) is 9.72 Å². The number of rotatable bonds is 7. The van der Waals surface area contributed by atoms with E-state index in [-0.39, 0.29) is 5.60 Å². The Labute approximate surface area is 163 Å². The Morgan fingerprint density at radius 3 is 2.93 bits per heavy atom. The van der Waals surface area contributed by atoms with Crippen LogP contribution in [0.25, 0.3) is 15.9 Å². The molecular weight excluding hydrogens is 360 g/mol. The SMILES string of the molecule is CCN(CC)CCCNc1nc2sc3c(c2c2ncnn12)CC(C)(C)OC3. The monoisotopic (exact) mass is 388 g/mol. The van der Waals surface area contributed by atoms with Crippen molar-refractivity contribution in [3.05, 3.63) is 16.8 Å². The molecule has 1 aliphatic heterocycles. The summed E-state index contributed by atoms with van der Waals surface area (Å²) in [7, 11) is 0. The molecule has 0 unspecified atom stereocenters. The second kappa shape index (κ2) is 7.33. The minimum atomic E-state index is -0.153. The molecule has 0 fully saturated rings. The lowest BCUT2D eigenvalue weighted by Crippen LogP contribution is -2.31. The van der Waals surface area contributed by atoms with Crippen molar-refractivity contribution in [2.45, 2.75) is 52.7 Å². The van der Waals surface area contributed by atoms with E-state index in [1.54, 1.807) is 17.7 Å². The Bertz CT molecular complexity index is 943. The van der Waals surface area contributed by atoms with Crippen LogP contribution in [0.5, 0.6) is 0 Å². The largest absolute Gasteiger partial charge is 0.370 e. The Morgan fingerprint density at radius 1 is 1.33 bits per heavy atom.